The van der Waals surface area contributed by atoms with Gasteiger partial charge in [-0.2, -0.15) is 0 Å². The number of cyclic esters (lactones) is 1. The van der Waals surface area contributed by atoms with Crippen molar-refractivity contribution in [1.82, 2.24) is 14.7 Å². The van der Waals surface area contributed by atoms with E-state index in [0.717, 1.165) is 26.1 Å². The fraction of sp³-hybridized carbons (Fsp3) is 0.939. The van der Waals surface area contributed by atoms with Gasteiger partial charge in [-0.15, -0.1) is 0 Å². The lowest BCUT2D eigenvalue weighted by Gasteiger charge is -2.47. The van der Waals surface area contributed by atoms with Crippen LogP contribution in [-0.4, -0.2) is 134 Å². The molecule has 0 bridgehead atoms. The van der Waals surface area contributed by atoms with Crippen LogP contribution in [0.1, 0.15) is 74.7 Å². The molecular formula is C33H61N3O7. The molecule has 3 saturated heterocycles. The molecule has 3 aliphatic heterocycles. The molecule has 250 valence electrons. The number of likely N-dealkylation sites (tertiary alicyclic amines) is 1. The summed E-state index contributed by atoms with van der Waals surface area (Å²) >= 11 is 0. The van der Waals surface area contributed by atoms with Gasteiger partial charge in [0, 0.05) is 44.2 Å². The molecule has 0 unspecified atom stereocenters. The average molecular weight is 612 g/mol. The van der Waals surface area contributed by atoms with Crippen LogP contribution in [0.4, 0.5) is 0 Å². The fourth-order valence-electron chi connectivity index (χ4n) is 7.66. The largest absolute Gasteiger partial charge is 0.463 e. The SMILES string of the molecule is CO[C@]1(C)C[C@@H](C)CN(C)[C@H]([C@H]2CCN(C(C)C)C2)COC(=O)C(C)(C)C(=O)[C@H](C)[C@H]1O[C@@H]1O[C@H](C)C[C@H](N(C)C)[C@H]1O. The zero-order chi connectivity index (χ0) is 32.4. The molecule has 0 aromatic carbocycles. The third-order valence-electron chi connectivity index (χ3n) is 10.5. The van der Waals surface area contributed by atoms with Gasteiger partial charge in [-0.05, 0) is 100 Å². The van der Waals surface area contributed by atoms with E-state index in [1.807, 2.05) is 32.8 Å². The number of ether oxygens (including phenoxy) is 4. The van der Waals surface area contributed by atoms with Crippen molar-refractivity contribution in [2.75, 3.05) is 54.5 Å². The van der Waals surface area contributed by atoms with Gasteiger partial charge >= 0.3 is 5.97 Å². The number of nitrogens with zero attached hydrogens (tertiary/aromatic N) is 3. The summed E-state index contributed by atoms with van der Waals surface area (Å²) in [5.74, 6) is -1.02. The molecule has 10 nitrogen and oxygen atoms in total. The van der Waals surface area contributed by atoms with E-state index in [2.05, 4.69) is 37.6 Å². The Bertz CT molecular complexity index is 945. The smallest absolute Gasteiger partial charge is 0.319 e. The zero-order valence-electron chi connectivity index (χ0n) is 29.0. The molecule has 0 aromatic rings. The summed E-state index contributed by atoms with van der Waals surface area (Å²) in [5, 5.41) is 11.3. The predicted molar refractivity (Wildman–Crippen MR) is 167 cm³/mol. The van der Waals surface area contributed by atoms with E-state index in [-0.39, 0.29) is 36.5 Å². The van der Waals surface area contributed by atoms with Gasteiger partial charge in [0.25, 0.3) is 0 Å². The van der Waals surface area contributed by atoms with Crippen molar-refractivity contribution >= 4 is 11.8 Å². The normalized spacial score (nSPS) is 41.1. The second-order valence-corrected chi connectivity index (χ2v) is 15.0. The molecule has 10 atom stereocenters. The highest BCUT2D eigenvalue weighted by atomic mass is 16.7. The maximum Gasteiger partial charge on any atom is 0.319 e. The minimum Gasteiger partial charge on any atom is -0.463 e. The van der Waals surface area contributed by atoms with Crippen LogP contribution in [0.15, 0.2) is 0 Å². The van der Waals surface area contributed by atoms with Crippen LogP contribution in [0, 0.1) is 23.2 Å². The van der Waals surface area contributed by atoms with Crippen molar-refractivity contribution in [3.63, 3.8) is 0 Å². The average Bonchev–Trinajstić information content (AvgIpc) is 3.41. The van der Waals surface area contributed by atoms with Crippen LogP contribution in [-0.2, 0) is 28.5 Å². The van der Waals surface area contributed by atoms with E-state index in [9.17, 15) is 14.7 Å². The molecule has 3 rings (SSSR count). The lowest BCUT2D eigenvalue weighted by Crippen LogP contribution is -2.59. The molecule has 10 heteroatoms. The summed E-state index contributed by atoms with van der Waals surface area (Å²) in [5.41, 5.74) is -2.30. The number of likely N-dealkylation sites (N-methyl/N-ethyl adjacent to an activating group) is 2. The molecular weight excluding hydrogens is 550 g/mol. The van der Waals surface area contributed by atoms with Crippen molar-refractivity contribution in [2.45, 2.75) is 123 Å². The van der Waals surface area contributed by atoms with Crippen molar-refractivity contribution in [2.24, 2.45) is 23.2 Å². The van der Waals surface area contributed by atoms with Crippen molar-refractivity contribution < 1.29 is 33.6 Å². The Labute approximate surface area is 260 Å². The quantitative estimate of drug-likeness (QED) is 0.356. The zero-order valence-corrected chi connectivity index (χ0v) is 29.0. The first kappa shape index (κ1) is 36.3. The Morgan fingerprint density at radius 3 is 2.30 bits per heavy atom. The molecule has 0 aromatic heterocycles. The second kappa shape index (κ2) is 14.5. The lowest BCUT2D eigenvalue weighted by molar-refractivity contribution is -0.295. The predicted octanol–water partition coefficient (Wildman–Crippen LogP) is 3.05. The third-order valence-corrected chi connectivity index (χ3v) is 10.5. The maximum atomic E-state index is 14.2. The number of hydrogen-bond donors (Lipinski definition) is 1. The van der Waals surface area contributed by atoms with Gasteiger partial charge in [0.15, 0.2) is 12.1 Å². The topological polar surface area (TPSA) is 101 Å². The number of esters is 1. The van der Waals surface area contributed by atoms with Crippen LogP contribution in [0.5, 0.6) is 0 Å². The molecule has 0 saturated carbocycles. The molecule has 1 N–H and O–H groups in total. The number of methoxy groups -OCH3 is 1. The van der Waals surface area contributed by atoms with E-state index in [1.165, 1.54) is 0 Å². The molecule has 0 spiro atoms. The van der Waals surface area contributed by atoms with Crippen LogP contribution >= 0.6 is 0 Å². The van der Waals surface area contributed by atoms with Gasteiger partial charge in [0.2, 0.25) is 0 Å². The Morgan fingerprint density at radius 1 is 1.09 bits per heavy atom. The molecule has 0 aliphatic carbocycles. The highest BCUT2D eigenvalue weighted by Gasteiger charge is 2.51. The third kappa shape index (κ3) is 8.18. The molecule has 3 heterocycles. The summed E-state index contributed by atoms with van der Waals surface area (Å²) in [4.78, 5) is 34.6. The highest BCUT2D eigenvalue weighted by molar-refractivity contribution is 6.04. The van der Waals surface area contributed by atoms with Gasteiger partial charge in [-0.3, -0.25) is 14.5 Å². The van der Waals surface area contributed by atoms with Gasteiger partial charge in [0.05, 0.1) is 17.8 Å². The first-order valence-corrected chi connectivity index (χ1v) is 16.3. The van der Waals surface area contributed by atoms with Crippen LogP contribution in [0.3, 0.4) is 0 Å². The summed E-state index contributed by atoms with van der Waals surface area (Å²) in [6, 6.07) is 0.336. The van der Waals surface area contributed by atoms with E-state index in [0.29, 0.717) is 24.8 Å². The summed E-state index contributed by atoms with van der Waals surface area (Å²) in [6.07, 6.45) is -0.495. The van der Waals surface area contributed by atoms with Crippen molar-refractivity contribution in [1.29, 1.82) is 0 Å². The van der Waals surface area contributed by atoms with Gasteiger partial charge in [-0.1, -0.05) is 13.8 Å². The van der Waals surface area contributed by atoms with Gasteiger partial charge in [0.1, 0.15) is 18.1 Å². The monoisotopic (exact) mass is 611 g/mol. The number of Topliss-reactive ketones (excluding diaryl/α,β-unsaturated/α-hetero) is 1. The molecule has 0 radical (unpaired) electrons. The molecule has 43 heavy (non-hydrogen) atoms. The van der Waals surface area contributed by atoms with E-state index in [4.69, 9.17) is 18.9 Å². The number of carbonyl (C=O) groups is 2. The van der Waals surface area contributed by atoms with E-state index >= 15 is 0 Å². The number of hydrogen-bond acceptors (Lipinski definition) is 10. The standard InChI is InChI=1S/C33H61N3O7/c1-20(2)36-14-13-24(18-36)26-19-41-31(39)32(6,7)28(38)23(5)29(33(8,40-12)16-21(3)17-35(26)11)43-30-27(37)25(34(9)10)15-22(4)42-30/h20-27,29-30,37H,13-19H2,1-12H3/t21-,22-,23+,24+,25+,26+,27-,29-,30+,33-/m1/s1. The molecule has 3 aliphatic rings. The summed E-state index contributed by atoms with van der Waals surface area (Å²) in [6.45, 7) is 18.6. The van der Waals surface area contributed by atoms with E-state index < -0.39 is 41.4 Å². The van der Waals surface area contributed by atoms with E-state index in [1.54, 1.807) is 27.9 Å². The second-order valence-electron chi connectivity index (χ2n) is 15.0. The van der Waals surface area contributed by atoms with Gasteiger partial charge < -0.3 is 33.9 Å². The lowest BCUT2D eigenvalue weighted by atomic mass is 9.74. The number of rotatable bonds is 6. The van der Waals surface area contributed by atoms with Crippen LogP contribution in [0.25, 0.3) is 0 Å². The number of aliphatic hydroxyl groups excluding tert-OH is 1. The Morgan fingerprint density at radius 2 is 1.74 bits per heavy atom. The maximum absolute atomic E-state index is 14.2. The highest BCUT2D eigenvalue weighted by Crippen LogP contribution is 2.38. The Hall–Kier alpha value is -1.14. The summed E-state index contributed by atoms with van der Waals surface area (Å²) in [7, 11) is 7.61. The van der Waals surface area contributed by atoms with Crippen LogP contribution < -0.4 is 0 Å². The van der Waals surface area contributed by atoms with Gasteiger partial charge in [-0.25, -0.2) is 0 Å². The number of aliphatic hydroxyl groups is 1. The minimum atomic E-state index is -1.40. The molecule has 0 amide bonds. The fourth-order valence-corrected chi connectivity index (χ4v) is 7.66. The van der Waals surface area contributed by atoms with Crippen LogP contribution in [0.2, 0.25) is 0 Å². The van der Waals surface area contributed by atoms with Crippen molar-refractivity contribution in [3.8, 4) is 0 Å². The first-order valence-electron chi connectivity index (χ1n) is 16.3. The summed E-state index contributed by atoms with van der Waals surface area (Å²) < 4.78 is 25.0. The minimum absolute atomic E-state index is 0.0373. The Balaban J connectivity index is 1.98. The van der Waals surface area contributed by atoms with Crippen molar-refractivity contribution in [3.05, 3.63) is 0 Å². The number of ketones is 1. The first-order chi connectivity index (χ1) is 19.9. The molecule has 3 fully saturated rings. The Kier molecular flexibility index (Phi) is 12.3. The number of carbonyl (C=O) groups excluding carboxylic acids is 2.